The van der Waals surface area contributed by atoms with Crippen molar-refractivity contribution in [2.75, 3.05) is 0 Å². The maximum atomic E-state index is 13.1. The van der Waals surface area contributed by atoms with Crippen LogP contribution >= 0.6 is 0 Å². The van der Waals surface area contributed by atoms with Crippen molar-refractivity contribution < 1.29 is 8.78 Å². The zero-order valence-corrected chi connectivity index (χ0v) is 6.91. The van der Waals surface area contributed by atoms with Crippen molar-refractivity contribution in [2.24, 2.45) is 0 Å². The summed E-state index contributed by atoms with van der Waals surface area (Å²) in [6.45, 7) is 2.93. The van der Waals surface area contributed by atoms with Gasteiger partial charge in [-0.3, -0.25) is 0 Å². The minimum Gasteiger partial charge on any atom is -0.206 e. The Morgan fingerprint density at radius 3 is 2.33 bits per heavy atom. The van der Waals surface area contributed by atoms with Crippen LogP contribution in [-0.4, -0.2) is 0 Å². The number of rotatable bonds is 0. The lowest BCUT2D eigenvalue weighted by Crippen LogP contribution is -1.96. The zero-order valence-electron chi connectivity index (χ0n) is 6.91. The fourth-order valence-corrected chi connectivity index (χ4v) is 1.04. The fraction of sp³-hybridized carbons (Fsp3) is 0.200. The topological polar surface area (TPSA) is 0 Å². The van der Waals surface area contributed by atoms with Crippen LogP contribution in [0.5, 0.6) is 0 Å². The van der Waals surface area contributed by atoms with Crippen molar-refractivity contribution >= 4 is 0 Å². The molecule has 2 heteroatoms. The van der Waals surface area contributed by atoms with Crippen molar-refractivity contribution in [3.63, 3.8) is 0 Å². The summed E-state index contributed by atoms with van der Waals surface area (Å²) < 4.78 is 26.1. The van der Waals surface area contributed by atoms with Gasteiger partial charge >= 0.3 is 0 Å². The minimum absolute atomic E-state index is 0.0112. The monoisotopic (exact) mass is 166 g/mol. The van der Waals surface area contributed by atoms with Crippen molar-refractivity contribution in [2.45, 2.75) is 13.8 Å². The lowest BCUT2D eigenvalue weighted by molar-refractivity contribution is 0.560. The Labute approximate surface area is 70.2 Å². The van der Waals surface area contributed by atoms with E-state index in [9.17, 15) is 8.78 Å². The van der Waals surface area contributed by atoms with Gasteiger partial charge in [0.05, 0.1) is 5.56 Å². The van der Waals surface area contributed by atoms with Gasteiger partial charge < -0.3 is 0 Å². The van der Waals surface area contributed by atoms with E-state index >= 15 is 0 Å². The third-order valence-corrected chi connectivity index (χ3v) is 1.76. The van der Waals surface area contributed by atoms with Crippen LogP contribution < -0.4 is 0 Å². The van der Waals surface area contributed by atoms with Crippen LogP contribution in [0.1, 0.15) is 16.7 Å². The molecule has 0 unspecified atom stereocenters. The maximum Gasteiger partial charge on any atom is 0.144 e. The summed E-state index contributed by atoms with van der Waals surface area (Å²) in [6, 6.07) is 1.33. The lowest BCUT2D eigenvalue weighted by Gasteiger charge is -2.03. The first kappa shape index (κ1) is 8.73. The van der Waals surface area contributed by atoms with Gasteiger partial charge in [0.15, 0.2) is 0 Å². The quantitative estimate of drug-likeness (QED) is 0.519. The van der Waals surface area contributed by atoms with Gasteiger partial charge in [-0.15, -0.1) is 6.42 Å². The molecule has 62 valence electrons. The van der Waals surface area contributed by atoms with Crippen LogP contribution in [0, 0.1) is 37.8 Å². The highest BCUT2D eigenvalue weighted by atomic mass is 19.1. The van der Waals surface area contributed by atoms with E-state index in [4.69, 9.17) is 6.42 Å². The standard InChI is InChI=1S/C10H8F2/c1-4-8-5-6(2)9(11)7(3)10(8)12/h1,5H,2-3H3. The first-order valence-electron chi connectivity index (χ1n) is 3.49. The Bertz CT molecular complexity index is 359. The average Bonchev–Trinajstić information content (AvgIpc) is 2.08. The van der Waals surface area contributed by atoms with E-state index in [0.717, 1.165) is 0 Å². The second kappa shape index (κ2) is 2.94. The van der Waals surface area contributed by atoms with Crippen molar-refractivity contribution in [3.05, 3.63) is 34.4 Å². The Kier molecular flexibility index (Phi) is 2.14. The molecule has 0 aromatic heterocycles. The number of hydrogen-bond donors (Lipinski definition) is 0. The second-order valence-electron chi connectivity index (χ2n) is 2.64. The summed E-state index contributed by atoms with van der Waals surface area (Å²) in [7, 11) is 0. The molecule has 0 aliphatic rings. The van der Waals surface area contributed by atoms with Crippen LogP contribution in [-0.2, 0) is 0 Å². The van der Waals surface area contributed by atoms with Gasteiger partial charge in [0.1, 0.15) is 11.6 Å². The third kappa shape index (κ3) is 1.18. The molecule has 0 fully saturated rings. The Morgan fingerprint density at radius 2 is 1.83 bits per heavy atom. The van der Waals surface area contributed by atoms with E-state index in [1.165, 1.54) is 13.0 Å². The molecule has 0 atom stereocenters. The summed E-state index contributed by atoms with van der Waals surface area (Å²) in [5, 5.41) is 0. The molecule has 12 heavy (non-hydrogen) atoms. The largest absolute Gasteiger partial charge is 0.206 e. The van der Waals surface area contributed by atoms with E-state index in [2.05, 4.69) is 5.92 Å². The van der Waals surface area contributed by atoms with Gasteiger partial charge in [0, 0.05) is 5.56 Å². The summed E-state index contributed by atoms with van der Waals surface area (Å²) in [4.78, 5) is 0. The van der Waals surface area contributed by atoms with Crippen LogP contribution in [0.25, 0.3) is 0 Å². The van der Waals surface area contributed by atoms with Gasteiger partial charge in [0.2, 0.25) is 0 Å². The average molecular weight is 166 g/mol. The number of benzene rings is 1. The van der Waals surface area contributed by atoms with E-state index in [1.807, 2.05) is 0 Å². The van der Waals surface area contributed by atoms with Gasteiger partial charge in [-0.1, -0.05) is 5.92 Å². The van der Waals surface area contributed by atoms with E-state index in [0.29, 0.717) is 5.56 Å². The Hall–Kier alpha value is -1.36. The molecule has 0 saturated heterocycles. The minimum atomic E-state index is -0.638. The summed E-state index contributed by atoms with van der Waals surface area (Å²) in [6.07, 6.45) is 5.03. The van der Waals surface area contributed by atoms with E-state index in [-0.39, 0.29) is 11.1 Å². The number of hydrogen-bond acceptors (Lipinski definition) is 0. The van der Waals surface area contributed by atoms with Crippen molar-refractivity contribution in [1.82, 2.24) is 0 Å². The zero-order chi connectivity index (χ0) is 9.30. The molecular formula is C10H8F2. The van der Waals surface area contributed by atoms with Crippen LogP contribution in [0.2, 0.25) is 0 Å². The molecular weight excluding hydrogens is 158 g/mol. The molecule has 0 N–H and O–H groups in total. The van der Waals surface area contributed by atoms with Crippen LogP contribution in [0.4, 0.5) is 8.78 Å². The molecule has 1 rings (SSSR count). The number of aryl methyl sites for hydroxylation is 1. The molecule has 0 aliphatic carbocycles. The van der Waals surface area contributed by atoms with Crippen LogP contribution in [0.3, 0.4) is 0 Å². The Morgan fingerprint density at radius 1 is 1.25 bits per heavy atom. The van der Waals surface area contributed by atoms with Gasteiger partial charge in [-0.2, -0.15) is 0 Å². The molecule has 0 saturated carbocycles. The molecule has 0 spiro atoms. The highest BCUT2D eigenvalue weighted by molar-refractivity contribution is 5.41. The molecule has 0 radical (unpaired) electrons. The second-order valence-corrected chi connectivity index (χ2v) is 2.64. The van der Waals surface area contributed by atoms with Crippen molar-refractivity contribution in [1.29, 1.82) is 0 Å². The Balaban J connectivity index is 3.52. The van der Waals surface area contributed by atoms with Crippen molar-refractivity contribution in [3.8, 4) is 12.3 Å². The molecule has 0 heterocycles. The molecule has 0 amide bonds. The summed E-state index contributed by atoms with van der Waals surface area (Å²) in [5.41, 5.74) is 0.483. The third-order valence-electron chi connectivity index (χ3n) is 1.76. The highest BCUT2D eigenvalue weighted by Gasteiger charge is 2.10. The summed E-state index contributed by atoms with van der Waals surface area (Å²) >= 11 is 0. The maximum absolute atomic E-state index is 13.1. The number of halogens is 2. The SMILES string of the molecule is C#Cc1cc(C)c(F)c(C)c1F. The predicted octanol–water partition coefficient (Wildman–Crippen LogP) is 2.56. The normalized spacial score (nSPS) is 9.58. The molecule has 0 aliphatic heterocycles. The van der Waals surface area contributed by atoms with Gasteiger partial charge in [-0.25, -0.2) is 8.78 Å². The molecule has 0 bridgehead atoms. The molecule has 1 aromatic carbocycles. The lowest BCUT2D eigenvalue weighted by atomic mass is 10.1. The fourth-order valence-electron chi connectivity index (χ4n) is 1.04. The first-order valence-corrected chi connectivity index (χ1v) is 3.49. The van der Waals surface area contributed by atoms with E-state index in [1.54, 1.807) is 6.92 Å². The van der Waals surface area contributed by atoms with E-state index < -0.39 is 11.6 Å². The number of terminal acetylenes is 1. The van der Waals surface area contributed by atoms with Crippen LogP contribution in [0.15, 0.2) is 6.07 Å². The van der Waals surface area contributed by atoms with Gasteiger partial charge in [-0.05, 0) is 25.5 Å². The summed E-state index contributed by atoms with van der Waals surface area (Å²) in [5.74, 6) is 1.00. The molecule has 0 nitrogen and oxygen atoms in total. The van der Waals surface area contributed by atoms with Gasteiger partial charge in [0.25, 0.3) is 0 Å². The first-order chi connectivity index (χ1) is 5.57. The smallest absolute Gasteiger partial charge is 0.144 e. The predicted molar refractivity (Wildman–Crippen MR) is 43.8 cm³/mol. The highest BCUT2D eigenvalue weighted by Crippen LogP contribution is 2.18. The molecule has 1 aromatic rings.